The molecule has 3 rings (SSSR count). The summed E-state index contributed by atoms with van der Waals surface area (Å²) in [6, 6.07) is 11.3. The molecule has 3 aromatic rings. The first kappa shape index (κ1) is 17.9. The van der Waals surface area contributed by atoms with Crippen LogP contribution in [0, 0.1) is 0 Å². The highest BCUT2D eigenvalue weighted by molar-refractivity contribution is 7.89. The lowest BCUT2D eigenvalue weighted by Crippen LogP contribution is -2.12. The van der Waals surface area contributed by atoms with Crippen LogP contribution in [0.2, 0.25) is 0 Å². The highest BCUT2D eigenvalue weighted by atomic mass is 32.2. The van der Waals surface area contributed by atoms with E-state index in [-0.39, 0.29) is 10.8 Å². The molecule has 0 unspecified atom stereocenters. The summed E-state index contributed by atoms with van der Waals surface area (Å²) < 4.78 is 29.4. The molecule has 26 heavy (non-hydrogen) atoms. The molecule has 1 heterocycles. The van der Waals surface area contributed by atoms with Crippen LogP contribution < -0.4 is 10.9 Å². The van der Waals surface area contributed by atoms with Crippen molar-refractivity contribution in [1.29, 1.82) is 0 Å². The number of primary sulfonamides is 1. The first-order valence-electron chi connectivity index (χ1n) is 7.84. The SMILES string of the molecule is CCOC(=O)c1ccc2c(c1)nc(N)n2Cc1ccc(S(N)(=O)=O)cc1. The molecule has 0 amide bonds. The van der Waals surface area contributed by atoms with Gasteiger partial charge in [-0.05, 0) is 42.8 Å². The highest BCUT2D eigenvalue weighted by Crippen LogP contribution is 2.22. The lowest BCUT2D eigenvalue weighted by molar-refractivity contribution is 0.0526. The largest absolute Gasteiger partial charge is 0.462 e. The van der Waals surface area contributed by atoms with Crippen molar-refractivity contribution in [2.45, 2.75) is 18.4 Å². The molecule has 4 N–H and O–H groups in total. The topological polar surface area (TPSA) is 130 Å². The number of sulfonamides is 1. The molecule has 0 atom stereocenters. The number of ether oxygens (including phenoxy) is 1. The molecule has 0 aliphatic rings. The molecule has 8 nitrogen and oxygen atoms in total. The van der Waals surface area contributed by atoms with Gasteiger partial charge in [0.1, 0.15) is 0 Å². The molecular weight excluding hydrogens is 356 g/mol. The third kappa shape index (κ3) is 3.53. The average molecular weight is 374 g/mol. The average Bonchev–Trinajstić information content (AvgIpc) is 2.89. The summed E-state index contributed by atoms with van der Waals surface area (Å²) in [7, 11) is -3.73. The molecule has 2 aromatic carbocycles. The lowest BCUT2D eigenvalue weighted by Gasteiger charge is -2.08. The van der Waals surface area contributed by atoms with Crippen molar-refractivity contribution in [2.75, 3.05) is 12.3 Å². The van der Waals surface area contributed by atoms with Gasteiger partial charge in [-0.1, -0.05) is 12.1 Å². The second kappa shape index (κ2) is 6.77. The summed E-state index contributed by atoms with van der Waals surface area (Å²) in [6.07, 6.45) is 0. The number of imidazole rings is 1. The van der Waals surface area contributed by atoms with Gasteiger partial charge in [0.05, 0.1) is 34.6 Å². The molecule has 0 aliphatic heterocycles. The maximum Gasteiger partial charge on any atom is 0.338 e. The van der Waals surface area contributed by atoms with Crippen LogP contribution in [-0.4, -0.2) is 30.5 Å². The Hall–Kier alpha value is -2.91. The molecule has 0 spiro atoms. The number of nitrogens with zero attached hydrogens (tertiary/aromatic N) is 2. The quantitative estimate of drug-likeness (QED) is 0.651. The van der Waals surface area contributed by atoms with E-state index in [4.69, 9.17) is 15.6 Å². The predicted molar refractivity (Wildman–Crippen MR) is 97.0 cm³/mol. The van der Waals surface area contributed by atoms with E-state index in [2.05, 4.69) is 4.98 Å². The summed E-state index contributed by atoms with van der Waals surface area (Å²) in [5.74, 6) is -0.127. The van der Waals surface area contributed by atoms with Crippen LogP contribution in [0.15, 0.2) is 47.4 Å². The molecule has 136 valence electrons. The van der Waals surface area contributed by atoms with Gasteiger partial charge in [-0.2, -0.15) is 0 Å². The van der Waals surface area contributed by atoms with Crippen molar-refractivity contribution < 1.29 is 17.9 Å². The number of hydrogen-bond donors (Lipinski definition) is 2. The smallest absolute Gasteiger partial charge is 0.338 e. The minimum atomic E-state index is -3.73. The molecule has 0 fully saturated rings. The van der Waals surface area contributed by atoms with E-state index in [1.54, 1.807) is 41.8 Å². The number of benzene rings is 2. The minimum Gasteiger partial charge on any atom is -0.462 e. The van der Waals surface area contributed by atoms with Gasteiger partial charge >= 0.3 is 5.97 Å². The zero-order valence-corrected chi connectivity index (χ0v) is 14.9. The van der Waals surface area contributed by atoms with Crippen molar-refractivity contribution in [2.24, 2.45) is 5.14 Å². The van der Waals surface area contributed by atoms with Gasteiger partial charge < -0.3 is 15.0 Å². The summed E-state index contributed by atoms with van der Waals surface area (Å²) >= 11 is 0. The molecule has 9 heteroatoms. The Kier molecular flexibility index (Phi) is 4.66. The zero-order valence-electron chi connectivity index (χ0n) is 14.0. The second-order valence-corrected chi connectivity index (χ2v) is 7.23. The molecule has 1 aromatic heterocycles. The van der Waals surface area contributed by atoms with Gasteiger partial charge in [-0.3, -0.25) is 0 Å². The van der Waals surface area contributed by atoms with Crippen LogP contribution in [0.25, 0.3) is 11.0 Å². The molecule has 0 saturated heterocycles. The first-order chi connectivity index (χ1) is 12.3. The van der Waals surface area contributed by atoms with E-state index in [1.165, 1.54) is 12.1 Å². The highest BCUT2D eigenvalue weighted by Gasteiger charge is 2.13. The molecule has 0 bridgehead atoms. The van der Waals surface area contributed by atoms with Crippen molar-refractivity contribution >= 4 is 33.0 Å². The third-order valence-corrected chi connectivity index (χ3v) is 4.81. The van der Waals surface area contributed by atoms with Crippen molar-refractivity contribution in [3.63, 3.8) is 0 Å². The molecule has 0 saturated carbocycles. The van der Waals surface area contributed by atoms with Crippen LogP contribution in [0.3, 0.4) is 0 Å². The van der Waals surface area contributed by atoms with E-state index in [9.17, 15) is 13.2 Å². The van der Waals surface area contributed by atoms with Crippen LogP contribution in [0.5, 0.6) is 0 Å². The third-order valence-electron chi connectivity index (χ3n) is 3.88. The first-order valence-corrected chi connectivity index (χ1v) is 9.39. The van der Waals surface area contributed by atoms with Crippen LogP contribution in [0.4, 0.5) is 5.95 Å². The fraction of sp³-hybridized carbons (Fsp3) is 0.176. The number of hydrogen-bond acceptors (Lipinski definition) is 6. The standard InChI is InChI=1S/C17H18N4O4S/c1-2-25-16(22)12-5-8-15-14(9-12)20-17(18)21(15)10-11-3-6-13(7-4-11)26(19,23)24/h3-9H,2,10H2,1H3,(H2,18,20)(H2,19,23,24). The van der Waals surface area contributed by atoms with Crippen molar-refractivity contribution in [1.82, 2.24) is 9.55 Å². The van der Waals surface area contributed by atoms with E-state index in [1.807, 2.05) is 0 Å². The summed E-state index contributed by atoms with van der Waals surface area (Å²) in [5, 5.41) is 5.10. The van der Waals surface area contributed by atoms with Gasteiger partial charge in [-0.25, -0.2) is 23.3 Å². The summed E-state index contributed by atoms with van der Waals surface area (Å²) in [6.45, 7) is 2.43. The Morgan fingerprint density at radius 3 is 2.50 bits per heavy atom. The maximum absolute atomic E-state index is 11.8. The number of nitrogens with two attached hydrogens (primary N) is 2. The van der Waals surface area contributed by atoms with Gasteiger partial charge in [-0.15, -0.1) is 0 Å². The molecular formula is C17H18N4O4S. The lowest BCUT2D eigenvalue weighted by atomic mass is 10.2. The number of nitrogen functional groups attached to an aromatic ring is 1. The number of carbonyl (C=O) groups is 1. The zero-order chi connectivity index (χ0) is 18.9. The number of carbonyl (C=O) groups excluding carboxylic acids is 1. The monoisotopic (exact) mass is 374 g/mol. The molecule has 0 radical (unpaired) electrons. The normalized spacial score (nSPS) is 11.6. The van der Waals surface area contributed by atoms with Crippen molar-refractivity contribution in [3.05, 3.63) is 53.6 Å². The fourth-order valence-electron chi connectivity index (χ4n) is 2.62. The van der Waals surface area contributed by atoms with E-state index in [0.717, 1.165) is 11.1 Å². The summed E-state index contributed by atoms with van der Waals surface area (Å²) in [5.41, 5.74) is 8.57. The second-order valence-electron chi connectivity index (χ2n) is 5.67. The van der Waals surface area contributed by atoms with Gasteiger partial charge in [0.25, 0.3) is 0 Å². The van der Waals surface area contributed by atoms with Gasteiger partial charge in [0.2, 0.25) is 16.0 Å². The fourth-order valence-corrected chi connectivity index (χ4v) is 3.14. The Morgan fingerprint density at radius 1 is 1.19 bits per heavy atom. The van der Waals surface area contributed by atoms with Crippen LogP contribution >= 0.6 is 0 Å². The van der Waals surface area contributed by atoms with Crippen LogP contribution in [0.1, 0.15) is 22.8 Å². The van der Waals surface area contributed by atoms with E-state index < -0.39 is 16.0 Å². The number of anilines is 1. The van der Waals surface area contributed by atoms with Gasteiger partial charge in [0.15, 0.2) is 0 Å². The van der Waals surface area contributed by atoms with Gasteiger partial charge in [0, 0.05) is 0 Å². The van der Waals surface area contributed by atoms with E-state index in [0.29, 0.717) is 24.2 Å². The Balaban J connectivity index is 1.93. The van der Waals surface area contributed by atoms with E-state index >= 15 is 0 Å². The number of esters is 1. The Morgan fingerprint density at radius 2 is 1.88 bits per heavy atom. The number of fused-ring (bicyclic) bond motifs is 1. The summed E-state index contributed by atoms with van der Waals surface area (Å²) in [4.78, 5) is 16.2. The predicted octanol–water partition coefficient (Wildman–Crippen LogP) is 1.49. The Labute approximate surface area is 150 Å². The molecule has 0 aliphatic carbocycles. The van der Waals surface area contributed by atoms with Crippen LogP contribution in [-0.2, 0) is 21.3 Å². The minimum absolute atomic E-state index is 0.0452. The van der Waals surface area contributed by atoms with Crippen molar-refractivity contribution in [3.8, 4) is 0 Å². The number of aromatic nitrogens is 2. The number of rotatable bonds is 5. The maximum atomic E-state index is 11.8. The Bertz CT molecular complexity index is 1070.